The van der Waals surface area contributed by atoms with Crippen molar-refractivity contribution in [1.82, 2.24) is 25.8 Å². The van der Waals surface area contributed by atoms with E-state index in [0.29, 0.717) is 32.1 Å². The van der Waals surface area contributed by atoms with Crippen LogP contribution in [0.25, 0.3) is 0 Å². The zero-order chi connectivity index (χ0) is 21.0. The third kappa shape index (κ3) is 13.9. The predicted molar refractivity (Wildman–Crippen MR) is 121 cm³/mol. The third-order valence-corrected chi connectivity index (χ3v) is 4.41. The van der Waals surface area contributed by atoms with Gasteiger partial charge in [0, 0.05) is 38.8 Å². The highest BCUT2D eigenvalue weighted by molar-refractivity contribution is 14.0. The van der Waals surface area contributed by atoms with Crippen molar-refractivity contribution in [3.63, 3.8) is 0 Å². The summed E-state index contributed by atoms with van der Waals surface area (Å²) in [6, 6.07) is 0.237. The Morgan fingerprint density at radius 1 is 1.21 bits per heavy atom. The van der Waals surface area contributed by atoms with E-state index in [1.807, 2.05) is 13.8 Å². The molecule has 1 aliphatic heterocycles. The van der Waals surface area contributed by atoms with Crippen molar-refractivity contribution in [1.29, 1.82) is 0 Å². The summed E-state index contributed by atoms with van der Waals surface area (Å²) in [6.07, 6.45) is -1.49. The zero-order valence-electron chi connectivity index (χ0n) is 17.6. The highest BCUT2D eigenvalue weighted by atomic mass is 127. The van der Waals surface area contributed by atoms with Gasteiger partial charge in [-0.25, -0.2) is 0 Å². The van der Waals surface area contributed by atoms with E-state index in [9.17, 15) is 18.0 Å². The number of guanidine groups is 1. The molecule has 1 amide bonds. The number of rotatable bonds is 10. The number of nitrogens with one attached hydrogen (secondary N) is 3. The fourth-order valence-electron chi connectivity index (χ4n) is 2.99. The van der Waals surface area contributed by atoms with Crippen LogP contribution in [0.5, 0.6) is 0 Å². The molecular weight excluding hydrogens is 500 g/mol. The first kappa shape index (κ1) is 28.2. The van der Waals surface area contributed by atoms with Gasteiger partial charge in [0.1, 0.15) is 0 Å². The number of aliphatic imine (C=N–C) groups is 1. The number of hydrogen-bond acceptors (Lipinski definition) is 4. The average molecular weight is 536 g/mol. The summed E-state index contributed by atoms with van der Waals surface area (Å²) in [5, 5.41) is 9.38. The van der Waals surface area contributed by atoms with E-state index in [2.05, 4.69) is 25.8 Å². The second-order valence-electron chi connectivity index (χ2n) is 7.16. The van der Waals surface area contributed by atoms with Gasteiger partial charge in [-0.1, -0.05) is 6.92 Å². The summed E-state index contributed by atoms with van der Waals surface area (Å²) in [5.41, 5.74) is 0. The lowest BCUT2D eigenvalue weighted by atomic mass is 10.1. The van der Waals surface area contributed by atoms with Gasteiger partial charge in [0.15, 0.2) is 5.96 Å². The molecule has 1 fully saturated rings. The quantitative estimate of drug-likeness (QED) is 0.225. The molecule has 0 atom stereocenters. The molecule has 0 bridgehead atoms. The van der Waals surface area contributed by atoms with Crippen LogP contribution in [0.4, 0.5) is 13.2 Å². The van der Waals surface area contributed by atoms with Crippen LogP contribution in [-0.2, 0) is 4.79 Å². The Morgan fingerprint density at radius 3 is 2.41 bits per heavy atom. The molecule has 0 aromatic carbocycles. The van der Waals surface area contributed by atoms with Gasteiger partial charge in [0.05, 0.1) is 19.6 Å². The van der Waals surface area contributed by atoms with E-state index in [1.54, 1.807) is 0 Å². The highest BCUT2D eigenvalue weighted by Gasteiger charge is 2.28. The predicted octanol–water partition coefficient (Wildman–Crippen LogP) is 1.64. The summed E-state index contributed by atoms with van der Waals surface area (Å²) in [5.74, 6) is 0.688. The minimum Gasteiger partial charge on any atom is -0.357 e. The van der Waals surface area contributed by atoms with E-state index in [-0.39, 0.29) is 42.5 Å². The van der Waals surface area contributed by atoms with Crippen LogP contribution in [0.2, 0.25) is 0 Å². The lowest BCUT2D eigenvalue weighted by molar-refractivity contribution is -0.142. The van der Waals surface area contributed by atoms with Crippen LogP contribution in [-0.4, -0.2) is 93.3 Å². The number of halogens is 4. The minimum absolute atomic E-state index is 0. The Kier molecular flexibility index (Phi) is 14.6. The molecule has 0 spiro atoms. The first-order valence-corrected chi connectivity index (χ1v) is 10.0. The molecule has 29 heavy (non-hydrogen) atoms. The molecular formula is C18H36F3IN6O. The topological polar surface area (TPSA) is 72.0 Å². The van der Waals surface area contributed by atoms with Crippen molar-refractivity contribution in [2.24, 2.45) is 4.99 Å². The number of likely N-dealkylation sites (tertiary alicyclic amines) is 1. The maximum absolute atomic E-state index is 12.4. The van der Waals surface area contributed by atoms with E-state index in [0.717, 1.165) is 32.4 Å². The van der Waals surface area contributed by atoms with Gasteiger partial charge in [0.25, 0.3) is 0 Å². The number of carbonyl (C=O) groups excluding carboxylic acids is 1. The molecule has 0 aliphatic carbocycles. The second kappa shape index (κ2) is 15.1. The molecule has 7 nitrogen and oxygen atoms in total. The van der Waals surface area contributed by atoms with Crippen LogP contribution in [0.3, 0.4) is 0 Å². The summed E-state index contributed by atoms with van der Waals surface area (Å²) < 4.78 is 37.1. The Labute approximate surface area is 189 Å². The minimum atomic E-state index is -4.19. The Balaban J connectivity index is 0.00000784. The van der Waals surface area contributed by atoms with Gasteiger partial charge in [-0.3, -0.25) is 19.6 Å². The second-order valence-corrected chi connectivity index (χ2v) is 7.16. The van der Waals surface area contributed by atoms with Gasteiger partial charge in [0.2, 0.25) is 5.91 Å². The number of carbonyl (C=O) groups is 1. The first-order valence-electron chi connectivity index (χ1n) is 10.0. The fourth-order valence-corrected chi connectivity index (χ4v) is 2.99. The maximum atomic E-state index is 12.4. The molecule has 0 radical (unpaired) electrons. The average Bonchev–Trinajstić information content (AvgIpc) is 2.60. The molecule has 0 aromatic rings. The van der Waals surface area contributed by atoms with Gasteiger partial charge >= 0.3 is 6.18 Å². The van der Waals surface area contributed by atoms with Crippen molar-refractivity contribution in [3.05, 3.63) is 0 Å². The largest absolute Gasteiger partial charge is 0.401 e. The number of hydrogen-bond donors (Lipinski definition) is 3. The van der Waals surface area contributed by atoms with Crippen LogP contribution < -0.4 is 16.0 Å². The smallest absolute Gasteiger partial charge is 0.357 e. The summed E-state index contributed by atoms with van der Waals surface area (Å²) in [6.45, 7) is 7.02. The number of nitrogens with zero attached hydrogens (tertiary/aromatic N) is 3. The summed E-state index contributed by atoms with van der Waals surface area (Å²) in [4.78, 5) is 19.5. The lowest BCUT2D eigenvalue weighted by Crippen LogP contribution is -2.50. The molecule has 172 valence electrons. The van der Waals surface area contributed by atoms with Crippen LogP contribution in [0.15, 0.2) is 4.99 Å². The monoisotopic (exact) mass is 536 g/mol. The number of alkyl halides is 3. The van der Waals surface area contributed by atoms with E-state index < -0.39 is 12.7 Å². The Hall–Kier alpha value is -0.820. The van der Waals surface area contributed by atoms with Crippen molar-refractivity contribution in [2.75, 3.05) is 59.4 Å². The number of likely N-dealkylation sites (N-methyl/N-ethyl adjacent to an activating group) is 1. The van der Waals surface area contributed by atoms with Gasteiger partial charge in [-0.2, -0.15) is 13.2 Å². The van der Waals surface area contributed by atoms with Crippen LogP contribution >= 0.6 is 24.0 Å². The SMILES string of the molecule is CCCNC(=O)CN1CCC(NC(=NCCN(C)CC(F)(F)F)NCC)CC1.I. The van der Waals surface area contributed by atoms with Gasteiger partial charge < -0.3 is 16.0 Å². The molecule has 1 saturated heterocycles. The summed E-state index contributed by atoms with van der Waals surface area (Å²) in [7, 11) is 1.44. The zero-order valence-corrected chi connectivity index (χ0v) is 20.0. The lowest BCUT2D eigenvalue weighted by Gasteiger charge is -2.32. The van der Waals surface area contributed by atoms with Crippen molar-refractivity contribution >= 4 is 35.8 Å². The molecule has 1 rings (SSSR count). The van der Waals surface area contributed by atoms with Crippen molar-refractivity contribution in [3.8, 4) is 0 Å². The Bertz CT molecular complexity index is 485. The molecule has 0 unspecified atom stereocenters. The maximum Gasteiger partial charge on any atom is 0.401 e. The van der Waals surface area contributed by atoms with E-state index >= 15 is 0 Å². The van der Waals surface area contributed by atoms with Gasteiger partial charge in [-0.15, -0.1) is 24.0 Å². The normalized spacial score (nSPS) is 16.4. The van der Waals surface area contributed by atoms with Crippen molar-refractivity contribution < 1.29 is 18.0 Å². The summed E-state index contributed by atoms with van der Waals surface area (Å²) >= 11 is 0. The molecule has 0 aromatic heterocycles. The van der Waals surface area contributed by atoms with Crippen molar-refractivity contribution in [2.45, 2.75) is 45.3 Å². The molecule has 1 aliphatic rings. The molecule has 1 heterocycles. The highest BCUT2D eigenvalue weighted by Crippen LogP contribution is 2.15. The molecule has 0 saturated carbocycles. The molecule has 11 heteroatoms. The first-order chi connectivity index (χ1) is 13.2. The standard InChI is InChI=1S/C18H35F3N6O.HI/c1-4-8-23-16(28)13-27-10-6-15(7-11-27)25-17(22-5-2)24-9-12-26(3)14-18(19,20)21;/h15H,4-14H2,1-3H3,(H,23,28)(H2,22,24,25);1H. The van der Waals surface area contributed by atoms with E-state index in [1.165, 1.54) is 11.9 Å². The van der Waals surface area contributed by atoms with Gasteiger partial charge in [-0.05, 0) is 33.2 Å². The number of amides is 1. The number of piperidine rings is 1. The van der Waals surface area contributed by atoms with Crippen LogP contribution in [0, 0.1) is 0 Å². The fraction of sp³-hybridized carbons (Fsp3) is 0.889. The van der Waals surface area contributed by atoms with Crippen LogP contribution in [0.1, 0.15) is 33.1 Å². The third-order valence-electron chi connectivity index (χ3n) is 4.41. The van der Waals surface area contributed by atoms with E-state index in [4.69, 9.17) is 0 Å². The molecule has 3 N–H and O–H groups in total. The Morgan fingerprint density at radius 2 is 1.86 bits per heavy atom.